The summed E-state index contributed by atoms with van der Waals surface area (Å²) in [5.41, 5.74) is 21.6. The quantitative estimate of drug-likeness (QED) is 0.176. The van der Waals surface area contributed by atoms with Crippen LogP contribution in [0.15, 0.2) is 97.1 Å². The Morgan fingerprint density at radius 2 is 0.732 bits per heavy atom. The summed E-state index contributed by atoms with van der Waals surface area (Å²) in [4.78, 5) is 62.5. The second kappa shape index (κ2) is 16.8. The zero-order valence-corrected chi connectivity index (χ0v) is 31.3. The number of aromatic nitrogens is 6. The molecule has 0 unspecified atom stereocenters. The van der Waals surface area contributed by atoms with Gasteiger partial charge in [-0.2, -0.15) is 0 Å². The molecule has 0 fully saturated rings. The van der Waals surface area contributed by atoms with Crippen molar-refractivity contribution in [3.8, 4) is 34.2 Å². The molecule has 6 aromatic rings. The molecule has 0 spiro atoms. The first kappa shape index (κ1) is 37.0. The average molecular weight is 745 g/mol. The second-order valence-electron chi connectivity index (χ2n) is 14.4. The predicted octanol–water partition coefficient (Wildman–Crippen LogP) is 5.93. The molecule has 3 aliphatic rings. The Bertz CT molecular complexity index is 2140. The molecular formula is C44H44N10O2. The van der Waals surface area contributed by atoms with Gasteiger partial charge >= 0.3 is 0 Å². The van der Waals surface area contributed by atoms with Crippen LogP contribution in [0, 0.1) is 0 Å². The fourth-order valence-electron chi connectivity index (χ4n) is 7.29. The summed E-state index contributed by atoms with van der Waals surface area (Å²) in [6.45, 7) is 3.45. The van der Waals surface area contributed by atoms with Crippen molar-refractivity contribution in [2.24, 2.45) is 11.5 Å². The molecule has 0 amide bonds. The largest absolute Gasteiger partial charge is 0.330 e. The number of pyridine rings is 6. The van der Waals surface area contributed by atoms with Crippen molar-refractivity contribution in [3.63, 3.8) is 0 Å². The summed E-state index contributed by atoms with van der Waals surface area (Å²) in [6, 6.07) is 31.4. The molecule has 12 nitrogen and oxygen atoms in total. The van der Waals surface area contributed by atoms with Crippen molar-refractivity contribution >= 4 is 11.6 Å². The van der Waals surface area contributed by atoms with Crippen LogP contribution >= 0.6 is 0 Å². The Hall–Kier alpha value is -5.92. The summed E-state index contributed by atoms with van der Waals surface area (Å²) in [6.07, 6.45) is 1.76. The van der Waals surface area contributed by atoms with E-state index in [1.54, 1.807) is 12.1 Å². The molecule has 9 heterocycles. The summed E-state index contributed by atoms with van der Waals surface area (Å²) in [7, 11) is 0. The van der Waals surface area contributed by atoms with Gasteiger partial charge < -0.3 is 11.5 Å². The fourth-order valence-corrected chi connectivity index (χ4v) is 7.29. The zero-order chi connectivity index (χ0) is 38.4. The van der Waals surface area contributed by atoms with Crippen LogP contribution in [0.1, 0.15) is 80.6 Å². The van der Waals surface area contributed by atoms with E-state index in [1.165, 1.54) is 0 Å². The van der Waals surface area contributed by atoms with Gasteiger partial charge in [-0.1, -0.05) is 24.3 Å². The van der Waals surface area contributed by atoms with Gasteiger partial charge in [0.2, 0.25) is 0 Å². The highest BCUT2D eigenvalue weighted by Crippen LogP contribution is 2.27. The summed E-state index contributed by atoms with van der Waals surface area (Å²) in [5.74, 6) is -0.0485. The molecule has 12 heteroatoms. The minimum atomic E-state index is -0.0243. The van der Waals surface area contributed by atoms with Gasteiger partial charge in [0, 0.05) is 63.2 Å². The summed E-state index contributed by atoms with van der Waals surface area (Å²) >= 11 is 0. The highest BCUT2D eigenvalue weighted by atomic mass is 16.1. The Labute approximate surface area is 326 Å². The van der Waals surface area contributed by atoms with Crippen molar-refractivity contribution in [3.05, 3.63) is 142 Å². The normalized spacial score (nSPS) is 16.2. The molecule has 56 heavy (non-hydrogen) atoms. The van der Waals surface area contributed by atoms with Crippen LogP contribution in [0.5, 0.6) is 0 Å². The summed E-state index contributed by atoms with van der Waals surface area (Å²) < 4.78 is 0. The molecule has 282 valence electrons. The molecule has 0 atom stereocenters. The van der Waals surface area contributed by atoms with E-state index in [0.29, 0.717) is 112 Å². The van der Waals surface area contributed by atoms with Gasteiger partial charge in [0.15, 0.2) is 11.6 Å². The third-order valence-electron chi connectivity index (χ3n) is 9.94. The van der Waals surface area contributed by atoms with E-state index in [4.69, 9.17) is 41.4 Å². The van der Waals surface area contributed by atoms with E-state index in [1.807, 2.05) is 84.9 Å². The van der Waals surface area contributed by atoms with Gasteiger partial charge in [0.1, 0.15) is 0 Å². The van der Waals surface area contributed by atoms with Crippen molar-refractivity contribution < 1.29 is 9.59 Å². The van der Waals surface area contributed by atoms with Crippen LogP contribution in [-0.4, -0.2) is 64.4 Å². The topological polar surface area (TPSA) is 170 Å². The molecule has 0 saturated heterocycles. The first-order valence-corrected chi connectivity index (χ1v) is 19.2. The molecule has 0 radical (unpaired) electrons. The molecule has 3 aliphatic heterocycles. The van der Waals surface area contributed by atoms with Gasteiger partial charge in [-0.3, -0.25) is 19.4 Å². The summed E-state index contributed by atoms with van der Waals surface area (Å²) in [5, 5.41) is 0. The molecule has 4 N–H and O–H groups in total. The van der Waals surface area contributed by atoms with E-state index >= 15 is 0 Å². The van der Waals surface area contributed by atoms with Crippen LogP contribution in [0.4, 0.5) is 0 Å². The lowest BCUT2D eigenvalue weighted by molar-refractivity contribution is 0.0972. The lowest BCUT2D eigenvalue weighted by Crippen LogP contribution is -2.25. The number of carbonyl (C=O) groups is 2. The van der Waals surface area contributed by atoms with E-state index in [-0.39, 0.29) is 11.6 Å². The molecule has 14 bridgehead atoms. The number of nitrogens with zero attached hydrogens (tertiary/aromatic N) is 8. The molecular weight excluding hydrogens is 701 g/mol. The molecule has 0 aromatic carbocycles. The van der Waals surface area contributed by atoms with Gasteiger partial charge in [-0.25, -0.2) is 29.9 Å². The van der Waals surface area contributed by atoms with Gasteiger partial charge in [0.25, 0.3) is 0 Å². The van der Waals surface area contributed by atoms with Crippen LogP contribution in [0.25, 0.3) is 34.2 Å². The highest BCUT2D eigenvalue weighted by molar-refractivity contribution is 5.98. The standard InChI is InChI=1S/C44H44N10O2/c45-17-5-15-43(55)29-19-35-27-53-23-31-7-1-11-37(47-31)38-12-2-8-32(48-38)25-54(26-34-10-4-14-40(50-34)39-13-3-9-33(24-53)49-39)28-36-20-30(44(56)16-6-18-46)22-42(52-36)41(21-29)51-35/h1-4,7-14,19-22H,5-6,15-18,23-28,45-46H2. The Morgan fingerprint density at radius 1 is 0.429 bits per heavy atom. The van der Waals surface area contributed by atoms with E-state index in [2.05, 4.69) is 9.80 Å². The second-order valence-corrected chi connectivity index (χ2v) is 14.4. The number of hydrogen-bond acceptors (Lipinski definition) is 12. The van der Waals surface area contributed by atoms with Crippen LogP contribution in [0.3, 0.4) is 0 Å². The van der Waals surface area contributed by atoms with Gasteiger partial charge in [-0.05, 0) is 98.7 Å². The number of nitrogens with two attached hydrogens (primary N) is 2. The first-order chi connectivity index (χ1) is 27.4. The van der Waals surface area contributed by atoms with Crippen LogP contribution < -0.4 is 11.5 Å². The fraction of sp³-hybridized carbons (Fsp3) is 0.273. The van der Waals surface area contributed by atoms with E-state index in [9.17, 15) is 9.59 Å². The Morgan fingerprint density at radius 3 is 1.05 bits per heavy atom. The number of carbonyl (C=O) groups excluding carboxylic acids is 2. The highest BCUT2D eigenvalue weighted by Gasteiger charge is 2.21. The molecule has 9 rings (SSSR count). The zero-order valence-electron chi connectivity index (χ0n) is 31.3. The minimum Gasteiger partial charge on any atom is -0.330 e. The molecule has 0 saturated carbocycles. The number of ketones is 2. The van der Waals surface area contributed by atoms with Crippen LogP contribution in [-0.2, 0) is 39.3 Å². The lowest BCUT2D eigenvalue weighted by Gasteiger charge is -2.24. The van der Waals surface area contributed by atoms with Crippen molar-refractivity contribution in [2.75, 3.05) is 13.1 Å². The van der Waals surface area contributed by atoms with Crippen molar-refractivity contribution in [2.45, 2.75) is 65.0 Å². The van der Waals surface area contributed by atoms with Crippen LogP contribution in [0.2, 0.25) is 0 Å². The Kier molecular flexibility index (Phi) is 11.1. The smallest absolute Gasteiger partial charge is 0.163 e. The first-order valence-electron chi connectivity index (χ1n) is 19.2. The van der Waals surface area contributed by atoms with Crippen molar-refractivity contribution in [1.29, 1.82) is 0 Å². The lowest BCUT2D eigenvalue weighted by atomic mass is 10.0. The van der Waals surface area contributed by atoms with E-state index in [0.717, 1.165) is 45.6 Å². The third kappa shape index (κ3) is 8.79. The monoisotopic (exact) mass is 744 g/mol. The number of Topliss-reactive ketones (excluding diaryl/α,β-unsaturated/α-hetero) is 2. The molecule has 6 aromatic heterocycles. The maximum absolute atomic E-state index is 13.7. The van der Waals surface area contributed by atoms with E-state index < -0.39 is 0 Å². The number of rotatable bonds is 8. The maximum Gasteiger partial charge on any atom is 0.163 e. The average Bonchev–Trinajstić information content (AvgIpc) is 3.21. The minimum absolute atomic E-state index is 0.0243. The van der Waals surface area contributed by atoms with Gasteiger partial charge in [-0.15, -0.1) is 0 Å². The molecule has 0 aliphatic carbocycles. The Balaban J connectivity index is 1.36. The maximum atomic E-state index is 13.7. The predicted molar refractivity (Wildman–Crippen MR) is 214 cm³/mol. The SMILES string of the molecule is NCCCC(=O)c1cc2nc(c1)-c1cc(C(=O)CCCN)cc(n1)CN1Cc3cccc(n3)-c3cccc(n3)CN(Cc3cccc(n3)-c3cccc(n3)C1)C2. The number of hydrogen-bond donors (Lipinski definition) is 2. The van der Waals surface area contributed by atoms with Crippen molar-refractivity contribution in [1.82, 2.24) is 39.7 Å². The van der Waals surface area contributed by atoms with Gasteiger partial charge in [0.05, 0.1) is 68.3 Å². The third-order valence-corrected chi connectivity index (χ3v) is 9.94.